The molecule has 0 saturated heterocycles. The number of rotatable bonds is 5. The summed E-state index contributed by atoms with van der Waals surface area (Å²) in [6.07, 6.45) is 0.755. The fourth-order valence-corrected chi connectivity index (χ4v) is 2.04. The van der Waals surface area contributed by atoms with E-state index in [0.29, 0.717) is 12.1 Å². The van der Waals surface area contributed by atoms with Crippen LogP contribution in [-0.2, 0) is 6.42 Å². The van der Waals surface area contributed by atoms with Crippen LogP contribution in [-0.4, -0.2) is 17.4 Å². The minimum atomic E-state index is -0.486. The van der Waals surface area contributed by atoms with Gasteiger partial charge in [-0.3, -0.25) is 14.9 Å². The predicted octanol–water partition coefficient (Wildman–Crippen LogP) is 2.88. The third-order valence-corrected chi connectivity index (χ3v) is 3.28. The molecule has 0 aromatic heterocycles. The lowest BCUT2D eigenvalue weighted by molar-refractivity contribution is -0.384. The highest BCUT2D eigenvalue weighted by Gasteiger charge is 2.09. The highest BCUT2D eigenvalue weighted by Crippen LogP contribution is 2.12. The lowest BCUT2D eigenvalue weighted by atomic mass is 10.1. The van der Waals surface area contributed by atoms with Crippen molar-refractivity contribution in [1.82, 2.24) is 5.32 Å². The van der Waals surface area contributed by atoms with Gasteiger partial charge in [0, 0.05) is 24.2 Å². The number of carbonyl (C=O) groups is 1. The molecule has 1 amide bonds. The maximum Gasteiger partial charge on any atom is 0.269 e. The second-order valence-corrected chi connectivity index (χ2v) is 4.74. The largest absolute Gasteiger partial charge is 0.352 e. The SMILES string of the molecule is Cc1ccccc1CCNC(=O)c1ccc([N+](=O)[O-])cc1. The van der Waals surface area contributed by atoms with Crippen LogP contribution < -0.4 is 5.32 Å². The summed E-state index contributed by atoms with van der Waals surface area (Å²) in [6, 6.07) is 13.6. The summed E-state index contributed by atoms with van der Waals surface area (Å²) in [4.78, 5) is 22.0. The molecule has 2 rings (SSSR count). The smallest absolute Gasteiger partial charge is 0.269 e. The summed E-state index contributed by atoms with van der Waals surface area (Å²) >= 11 is 0. The molecule has 0 aliphatic rings. The van der Waals surface area contributed by atoms with E-state index in [1.165, 1.54) is 35.4 Å². The van der Waals surface area contributed by atoms with Crippen molar-refractivity contribution in [1.29, 1.82) is 0 Å². The van der Waals surface area contributed by atoms with Gasteiger partial charge in [0.15, 0.2) is 0 Å². The fourth-order valence-electron chi connectivity index (χ4n) is 2.04. The quantitative estimate of drug-likeness (QED) is 0.677. The van der Waals surface area contributed by atoms with Crippen molar-refractivity contribution in [2.75, 3.05) is 6.54 Å². The molecule has 0 spiro atoms. The molecule has 21 heavy (non-hydrogen) atoms. The zero-order valence-corrected chi connectivity index (χ0v) is 11.7. The Balaban J connectivity index is 1.90. The van der Waals surface area contributed by atoms with Crippen LogP contribution in [0.25, 0.3) is 0 Å². The van der Waals surface area contributed by atoms with Crippen LogP contribution in [0.15, 0.2) is 48.5 Å². The Morgan fingerprint density at radius 2 is 1.81 bits per heavy atom. The van der Waals surface area contributed by atoms with Crippen molar-refractivity contribution in [2.24, 2.45) is 0 Å². The number of benzene rings is 2. The molecule has 0 aliphatic carbocycles. The molecule has 2 aromatic carbocycles. The van der Waals surface area contributed by atoms with Crippen molar-refractivity contribution >= 4 is 11.6 Å². The van der Waals surface area contributed by atoms with Gasteiger partial charge in [0.2, 0.25) is 0 Å². The van der Waals surface area contributed by atoms with E-state index in [1.54, 1.807) is 0 Å². The third kappa shape index (κ3) is 3.89. The Hall–Kier alpha value is -2.69. The summed E-state index contributed by atoms with van der Waals surface area (Å²) in [5, 5.41) is 13.4. The van der Waals surface area contributed by atoms with Crippen molar-refractivity contribution in [2.45, 2.75) is 13.3 Å². The van der Waals surface area contributed by atoms with Gasteiger partial charge >= 0.3 is 0 Å². The number of amides is 1. The summed E-state index contributed by atoms with van der Waals surface area (Å²) in [5.41, 5.74) is 2.79. The zero-order chi connectivity index (χ0) is 15.2. The number of nitro benzene ring substituents is 1. The van der Waals surface area contributed by atoms with Crippen LogP contribution in [0.3, 0.4) is 0 Å². The summed E-state index contributed by atoms with van der Waals surface area (Å²) in [6.45, 7) is 2.56. The molecule has 0 atom stereocenters. The Bertz CT molecular complexity index is 651. The molecule has 0 saturated carbocycles. The minimum absolute atomic E-state index is 0.0218. The topological polar surface area (TPSA) is 72.2 Å². The molecular formula is C16H16N2O3. The van der Waals surface area contributed by atoms with Gasteiger partial charge in [-0.1, -0.05) is 24.3 Å². The van der Waals surface area contributed by atoms with Gasteiger partial charge in [0.05, 0.1) is 4.92 Å². The lowest BCUT2D eigenvalue weighted by Crippen LogP contribution is -2.25. The van der Waals surface area contributed by atoms with Gasteiger partial charge in [-0.2, -0.15) is 0 Å². The first-order valence-electron chi connectivity index (χ1n) is 6.65. The Morgan fingerprint density at radius 1 is 1.14 bits per heavy atom. The van der Waals surface area contributed by atoms with Gasteiger partial charge in [-0.05, 0) is 36.6 Å². The molecule has 0 heterocycles. The maximum atomic E-state index is 11.9. The van der Waals surface area contributed by atoms with Gasteiger partial charge in [0.25, 0.3) is 11.6 Å². The molecule has 1 N–H and O–H groups in total. The van der Waals surface area contributed by atoms with Crippen molar-refractivity contribution < 1.29 is 9.72 Å². The standard InChI is InChI=1S/C16H16N2O3/c1-12-4-2-3-5-13(12)10-11-17-16(19)14-6-8-15(9-7-14)18(20)21/h2-9H,10-11H2,1H3,(H,17,19). The van der Waals surface area contributed by atoms with Crippen LogP contribution in [0, 0.1) is 17.0 Å². The van der Waals surface area contributed by atoms with Crippen molar-refractivity contribution in [3.8, 4) is 0 Å². The average Bonchev–Trinajstić information content (AvgIpc) is 2.49. The summed E-state index contributed by atoms with van der Waals surface area (Å²) in [5.74, 6) is -0.224. The number of non-ortho nitro benzene ring substituents is 1. The molecule has 0 radical (unpaired) electrons. The first kappa shape index (κ1) is 14.7. The highest BCUT2D eigenvalue weighted by atomic mass is 16.6. The molecular weight excluding hydrogens is 268 g/mol. The predicted molar refractivity (Wildman–Crippen MR) is 80.3 cm³/mol. The number of carbonyl (C=O) groups excluding carboxylic acids is 1. The molecule has 5 heteroatoms. The van der Waals surface area contributed by atoms with Crippen LogP contribution in [0.1, 0.15) is 21.5 Å². The molecule has 0 unspecified atom stereocenters. The Morgan fingerprint density at radius 3 is 2.43 bits per heavy atom. The minimum Gasteiger partial charge on any atom is -0.352 e. The van der Waals surface area contributed by atoms with E-state index in [0.717, 1.165) is 6.42 Å². The summed E-state index contributed by atoms with van der Waals surface area (Å²) in [7, 11) is 0. The van der Waals surface area contributed by atoms with Gasteiger partial charge in [0.1, 0.15) is 0 Å². The van der Waals surface area contributed by atoms with E-state index in [9.17, 15) is 14.9 Å². The molecule has 108 valence electrons. The molecule has 0 fully saturated rings. The molecule has 5 nitrogen and oxygen atoms in total. The highest BCUT2D eigenvalue weighted by molar-refractivity contribution is 5.94. The van der Waals surface area contributed by atoms with E-state index in [-0.39, 0.29) is 11.6 Å². The maximum absolute atomic E-state index is 11.9. The normalized spacial score (nSPS) is 10.1. The molecule has 0 bridgehead atoms. The average molecular weight is 284 g/mol. The van der Waals surface area contributed by atoms with Crippen LogP contribution >= 0.6 is 0 Å². The third-order valence-electron chi connectivity index (χ3n) is 3.28. The lowest BCUT2D eigenvalue weighted by Gasteiger charge is -2.07. The van der Waals surface area contributed by atoms with Gasteiger partial charge < -0.3 is 5.32 Å². The summed E-state index contributed by atoms with van der Waals surface area (Å²) < 4.78 is 0. The van der Waals surface area contributed by atoms with Crippen LogP contribution in [0.4, 0.5) is 5.69 Å². The van der Waals surface area contributed by atoms with Crippen molar-refractivity contribution in [3.05, 3.63) is 75.3 Å². The molecule has 0 aliphatic heterocycles. The second kappa shape index (κ2) is 6.65. The second-order valence-electron chi connectivity index (χ2n) is 4.74. The van der Waals surface area contributed by atoms with E-state index >= 15 is 0 Å². The van der Waals surface area contributed by atoms with E-state index in [4.69, 9.17) is 0 Å². The van der Waals surface area contributed by atoms with Gasteiger partial charge in [-0.25, -0.2) is 0 Å². The molecule has 2 aromatic rings. The number of nitrogens with one attached hydrogen (secondary N) is 1. The number of hydrogen-bond acceptors (Lipinski definition) is 3. The first-order chi connectivity index (χ1) is 10.1. The van der Waals surface area contributed by atoms with Crippen molar-refractivity contribution in [3.63, 3.8) is 0 Å². The number of aryl methyl sites for hydroxylation is 1. The van der Waals surface area contributed by atoms with E-state index in [2.05, 4.69) is 5.32 Å². The Kier molecular flexibility index (Phi) is 4.66. The first-order valence-corrected chi connectivity index (χ1v) is 6.65. The number of nitrogens with zero attached hydrogens (tertiary/aromatic N) is 1. The number of hydrogen-bond donors (Lipinski definition) is 1. The fraction of sp³-hybridized carbons (Fsp3) is 0.188. The Labute approximate surface area is 122 Å². The van der Waals surface area contributed by atoms with E-state index in [1.807, 2.05) is 31.2 Å². The monoisotopic (exact) mass is 284 g/mol. The van der Waals surface area contributed by atoms with E-state index < -0.39 is 4.92 Å². The van der Waals surface area contributed by atoms with Gasteiger partial charge in [-0.15, -0.1) is 0 Å². The zero-order valence-electron chi connectivity index (χ0n) is 11.7. The van der Waals surface area contributed by atoms with Crippen LogP contribution in [0.2, 0.25) is 0 Å². The van der Waals surface area contributed by atoms with Crippen LogP contribution in [0.5, 0.6) is 0 Å². The number of nitro groups is 1.